The van der Waals surface area contributed by atoms with Crippen molar-refractivity contribution in [2.24, 2.45) is 0 Å². The van der Waals surface area contributed by atoms with E-state index in [9.17, 15) is 4.79 Å². The topological polar surface area (TPSA) is 66.5 Å². The van der Waals surface area contributed by atoms with Crippen LogP contribution in [-0.2, 0) is 13.1 Å². The first kappa shape index (κ1) is 20.7. The first-order valence-electron chi connectivity index (χ1n) is 9.19. The van der Waals surface area contributed by atoms with Crippen molar-refractivity contribution in [1.29, 1.82) is 0 Å². The summed E-state index contributed by atoms with van der Waals surface area (Å²) in [6, 6.07) is 19.3. The Morgan fingerprint density at radius 2 is 1.79 bits per heavy atom. The van der Waals surface area contributed by atoms with Crippen LogP contribution in [-0.4, -0.2) is 29.5 Å². The molecular formula is C22H24N4O2S. The molecule has 0 unspecified atom stereocenters. The number of anilines is 1. The fourth-order valence-corrected chi connectivity index (χ4v) is 3.56. The molecule has 6 nitrogen and oxygen atoms in total. The molecule has 7 heteroatoms. The van der Waals surface area contributed by atoms with Gasteiger partial charge in [0.05, 0.1) is 7.11 Å². The lowest BCUT2D eigenvalue weighted by atomic mass is 10.2. The number of carbonyl (C=O) groups excluding carboxylic acids is 1. The third-order valence-electron chi connectivity index (χ3n) is 4.16. The highest BCUT2D eigenvalue weighted by Crippen LogP contribution is 2.27. The fourth-order valence-electron chi connectivity index (χ4n) is 2.74. The van der Waals surface area contributed by atoms with E-state index < -0.39 is 0 Å². The van der Waals surface area contributed by atoms with Crippen LogP contribution in [0.2, 0.25) is 0 Å². The number of hydrogen-bond donors (Lipinski definition) is 2. The molecule has 29 heavy (non-hydrogen) atoms. The largest absolute Gasteiger partial charge is 0.496 e. The minimum Gasteiger partial charge on any atom is -0.496 e. The minimum absolute atomic E-state index is 0.240. The number of amides is 2. The molecule has 0 aliphatic heterocycles. The maximum atomic E-state index is 12.0. The Bertz CT molecular complexity index is 920. The highest BCUT2D eigenvalue weighted by Gasteiger charge is 2.08. The average molecular weight is 409 g/mol. The normalized spacial score (nSPS) is 10.6. The second-order valence-electron chi connectivity index (χ2n) is 6.38. The van der Waals surface area contributed by atoms with Gasteiger partial charge in [0.25, 0.3) is 0 Å². The van der Waals surface area contributed by atoms with E-state index in [1.165, 1.54) is 0 Å². The van der Waals surface area contributed by atoms with E-state index in [-0.39, 0.29) is 6.03 Å². The van der Waals surface area contributed by atoms with Crippen LogP contribution in [0.1, 0.15) is 11.1 Å². The Morgan fingerprint density at radius 3 is 2.52 bits per heavy atom. The summed E-state index contributed by atoms with van der Waals surface area (Å²) in [6.45, 7) is 1.21. The SMILES string of the molecule is COc1ccccc1CN(C)Sc1ccc(NC(=O)NCc2ccncc2)cc1. The summed E-state index contributed by atoms with van der Waals surface area (Å²) in [6.07, 6.45) is 3.41. The number of hydrogen-bond acceptors (Lipinski definition) is 5. The van der Waals surface area contributed by atoms with Gasteiger partial charge in [0.1, 0.15) is 5.75 Å². The zero-order valence-electron chi connectivity index (χ0n) is 16.5. The van der Waals surface area contributed by atoms with Gasteiger partial charge >= 0.3 is 6.03 Å². The summed E-state index contributed by atoms with van der Waals surface area (Å²) in [7, 11) is 3.72. The van der Waals surface area contributed by atoms with Crippen LogP contribution in [0.3, 0.4) is 0 Å². The maximum Gasteiger partial charge on any atom is 0.319 e. The average Bonchev–Trinajstić information content (AvgIpc) is 2.75. The molecule has 3 aromatic rings. The van der Waals surface area contributed by atoms with Crippen LogP contribution in [0.5, 0.6) is 5.75 Å². The number of benzene rings is 2. The van der Waals surface area contributed by atoms with Gasteiger partial charge in [-0.3, -0.25) is 4.98 Å². The van der Waals surface area contributed by atoms with Crippen molar-refractivity contribution < 1.29 is 9.53 Å². The van der Waals surface area contributed by atoms with Crippen LogP contribution in [0.4, 0.5) is 10.5 Å². The number of nitrogens with one attached hydrogen (secondary N) is 2. The van der Waals surface area contributed by atoms with Crippen molar-refractivity contribution in [2.75, 3.05) is 19.5 Å². The molecule has 0 fully saturated rings. The highest BCUT2D eigenvalue weighted by molar-refractivity contribution is 7.97. The Labute approximate surface area is 175 Å². The third kappa shape index (κ3) is 6.51. The Hall–Kier alpha value is -3.03. The van der Waals surface area contributed by atoms with Gasteiger partial charge < -0.3 is 15.4 Å². The molecule has 0 aliphatic rings. The number of para-hydroxylation sites is 1. The predicted octanol–water partition coefficient (Wildman–Crippen LogP) is 4.55. The summed E-state index contributed by atoms with van der Waals surface area (Å²) < 4.78 is 7.55. The molecule has 0 radical (unpaired) electrons. The van der Waals surface area contributed by atoms with E-state index in [2.05, 4.69) is 26.0 Å². The Balaban J connectivity index is 1.48. The molecule has 0 spiro atoms. The standard InChI is InChI=1S/C22H24N4O2S/c1-26(16-18-5-3-4-6-21(18)28-2)29-20-9-7-19(8-10-20)25-22(27)24-15-17-11-13-23-14-12-17/h3-14H,15-16H2,1-2H3,(H2,24,25,27). The molecule has 0 saturated carbocycles. The zero-order chi connectivity index (χ0) is 20.5. The molecule has 0 aliphatic carbocycles. The van der Waals surface area contributed by atoms with Crippen molar-refractivity contribution in [3.05, 3.63) is 84.2 Å². The van der Waals surface area contributed by atoms with Crippen molar-refractivity contribution in [3.8, 4) is 5.75 Å². The first-order chi connectivity index (χ1) is 14.1. The summed E-state index contributed by atoms with van der Waals surface area (Å²) >= 11 is 1.64. The monoisotopic (exact) mass is 408 g/mol. The van der Waals surface area contributed by atoms with Crippen LogP contribution in [0.25, 0.3) is 0 Å². The Kier molecular flexibility index (Phi) is 7.49. The van der Waals surface area contributed by atoms with E-state index in [0.29, 0.717) is 6.54 Å². The number of carbonyl (C=O) groups is 1. The number of aromatic nitrogens is 1. The van der Waals surface area contributed by atoms with Gasteiger partial charge in [0.2, 0.25) is 0 Å². The lowest BCUT2D eigenvalue weighted by Gasteiger charge is -2.17. The van der Waals surface area contributed by atoms with Crippen LogP contribution >= 0.6 is 11.9 Å². The predicted molar refractivity (Wildman–Crippen MR) is 117 cm³/mol. The number of ether oxygens (including phenoxy) is 1. The molecule has 0 bridgehead atoms. The quantitative estimate of drug-likeness (QED) is 0.535. The van der Waals surface area contributed by atoms with Gasteiger partial charge in [-0.2, -0.15) is 0 Å². The number of pyridine rings is 1. The van der Waals surface area contributed by atoms with Crippen LogP contribution in [0, 0.1) is 0 Å². The number of rotatable bonds is 8. The number of urea groups is 1. The number of methoxy groups -OCH3 is 1. The van der Waals surface area contributed by atoms with Gasteiger partial charge in [0, 0.05) is 41.6 Å². The van der Waals surface area contributed by atoms with Gasteiger partial charge in [-0.05, 0) is 67.0 Å². The zero-order valence-corrected chi connectivity index (χ0v) is 17.3. The van der Waals surface area contributed by atoms with Crippen molar-refractivity contribution in [1.82, 2.24) is 14.6 Å². The van der Waals surface area contributed by atoms with E-state index in [4.69, 9.17) is 4.74 Å². The summed E-state index contributed by atoms with van der Waals surface area (Å²) in [5, 5.41) is 5.67. The van der Waals surface area contributed by atoms with Gasteiger partial charge in [-0.15, -0.1) is 0 Å². The summed E-state index contributed by atoms with van der Waals surface area (Å²) in [5.41, 5.74) is 2.88. The second-order valence-corrected chi connectivity index (χ2v) is 7.65. The lowest BCUT2D eigenvalue weighted by molar-refractivity contribution is 0.251. The van der Waals surface area contributed by atoms with E-state index >= 15 is 0 Å². The summed E-state index contributed by atoms with van der Waals surface area (Å²) in [4.78, 5) is 17.1. The molecule has 0 atom stereocenters. The highest BCUT2D eigenvalue weighted by atomic mass is 32.2. The minimum atomic E-state index is -0.240. The van der Waals surface area contributed by atoms with Crippen molar-refractivity contribution in [3.63, 3.8) is 0 Å². The molecule has 2 N–H and O–H groups in total. The van der Waals surface area contributed by atoms with E-state index in [0.717, 1.165) is 34.0 Å². The number of nitrogens with zero attached hydrogens (tertiary/aromatic N) is 2. The lowest BCUT2D eigenvalue weighted by Crippen LogP contribution is -2.28. The molecule has 2 amide bonds. The fraction of sp³-hybridized carbons (Fsp3) is 0.182. The van der Waals surface area contributed by atoms with Gasteiger partial charge in [0.15, 0.2) is 0 Å². The molecule has 2 aromatic carbocycles. The van der Waals surface area contributed by atoms with Crippen molar-refractivity contribution in [2.45, 2.75) is 18.0 Å². The summed E-state index contributed by atoms with van der Waals surface area (Å²) in [5.74, 6) is 0.886. The maximum absolute atomic E-state index is 12.0. The van der Waals surface area contributed by atoms with Gasteiger partial charge in [-0.1, -0.05) is 18.2 Å². The third-order valence-corrected chi connectivity index (χ3v) is 5.09. The molecular weight excluding hydrogens is 384 g/mol. The molecule has 0 saturated heterocycles. The Morgan fingerprint density at radius 1 is 1.07 bits per heavy atom. The smallest absolute Gasteiger partial charge is 0.319 e. The molecule has 150 valence electrons. The molecule has 1 heterocycles. The van der Waals surface area contributed by atoms with Crippen LogP contribution < -0.4 is 15.4 Å². The van der Waals surface area contributed by atoms with Gasteiger partial charge in [-0.25, -0.2) is 9.10 Å². The van der Waals surface area contributed by atoms with Crippen molar-refractivity contribution >= 4 is 23.7 Å². The van der Waals surface area contributed by atoms with E-state index in [1.807, 2.05) is 61.6 Å². The van der Waals surface area contributed by atoms with Crippen LogP contribution in [0.15, 0.2) is 78.0 Å². The first-order valence-corrected chi connectivity index (χ1v) is 9.96. The molecule has 1 aromatic heterocycles. The second kappa shape index (κ2) is 10.5. The van der Waals surface area contributed by atoms with E-state index in [1.54, 1.807) is 31.5 Å². The molecule has 3 rings (SSSR count).